The van der Waals surface area contributed by atoms with E-state index in [2.05, 4.69) is 26.5 Å². The molecule has 2 aliphatic heterocycles. The summed E-state index contributed by atoms with van der Waals surface area (Å²) < 4.78 is 32.3. The predicted molar refractivity (Wildman–Crippen MR) is 174 cm³/mol. The van der Waals surface area contributed by atoms with Gasteiger partial charge in [-0.3, -0.25) is 5.32 Å². The number of aromatic nitrogens is 5. The minimum Gasteiger partial charge on any atom is -0.444 e. The number of hydrogen-bond donors (Lipinski definition) is 1. The molecule has 47 heavy (non-hydrogen) atoms. The van der Waals surface area contributed by atoms with Gasteiger partial charge in [0, 0.05) is 29.1 Å². The fraction of sp³-hybridized carbons (Fsp3) is 0.515. The van der Waals surface area contributed by atoms with Crippen LogP contribution in [-0.2, 0) is 31.1 Å². The molecule has 4 aromatic rings. The third-order valence-electron chi connectivity index (χ3n) is 7.80. The van der Waals surface area contributed by atoms with Gasteiger partial charge in [-0.15, -0.1) is 0 Å². The summed E-state index contributed by atoms with van der Waals surface area (Å²) in [5.41, 5.74) is 3.28. The zero-order valence-electron chi connectivity index (χ0n) is 27.4. The second-order valence-electron chi connectivity index (χ2n) is 13.0. The zero-order chi connectivity index (χ0) is 33.3. The van der Waals surface area contributed by atoms with Crippen molar-refractivity contribution < 1.29 is 28.3 Å². The maximum Gasteiger partial charge on any atom is 0.413 e. The van der Waals surface area contributed by atoms with Gasteiger partial charge in [0.2, 0.25) is 0 Å². The molecule has 6 rings (SSSR count). The van der Waals surface area contributed by atoms with Crippen LogP contribution in [0.4, 0.5) is 10.6 Å². The van der Waals surface area contributed by atoms with Gasteiger partial charge in [0.1, 0.15) is 30.0 Å². The molecule has 2 aliphatic rings. The Labute approximate surface area is 277 Å². The van der Waals surface area contributed by atoms with E-state index in [0.29, 0.717) is 47.5 Å². The van der Waals surface area contributed by atoms with E-state index in [9.17, 15) is 10.1 Å². The maximum atomic E-state index is 12.7. The molecular formula is C33H39N7O6S. The normalized spacial score (nSPS) is 21.9. The molecule has 4 atom stereocenters. The van der Waals surface area contributed by atoms with Gasteiger partial charge >= 0.3 is 6.09 Å². The number of fused-ring (bicyclic) bond motifs is 2. The van der Waals surface area contributed by atoms with Crippen molar-refractivity contribution in [3.8, 4) is 17.4 Å². The van der Waals surface area contributed by atoms with Crippen molar-refractivity contribution >= 4 is 34.7 Å². The second kappa shape index (κ2) is 13.2. The summed E-state index contributed by atoms with van der Waals surface area (Å²) in [6.07, 6.45) is 0.299. The molecule has 1 N–H and O–H groups in total. The molecule has 0 bridgehead atoms. The monoisotopic (exact) mass is 661 g/mol. The molecule has 5 heterocycles. The molecule has 1 aromatic carbocycles. The van der Waals surface area contributed by atoms with Crippen LogP contribution in [0.25, 0.3) is 22.4 Å². The number of anilines is 1. The first-order valence-electron chi connectivity index (χ1n) is 15.6. The number of unbranched alkanes of at least 4 members (excludes halogenated alkanes) is 1. The van der Waals surface area contributed by atoms with Gasteiger partial charge in [-0.25, -0.2) is 19.4 Å². The van der Waals surface area contributed by atoms with Gasteiger partial charge in [-0.05, 0) is 54.4 Å². The number of thioether (sulfide) groups is 1. The van der Waals surface area contributed by atoms with E-state index in [0.717, 1.165) is 22.6 Å². The number of amides is 1. The van der Waals surface area contributed by atoms with Crippen molar-refractivity contribution in [1.82, 2.24) is 24.9 Å². The molecule has 0 aliphatic carbocycles. The standard InChI is InChI=1S/C33H39N7O6S/c1-19-21(25(46-39-19)20-12-8-7-9-13-20)16-47-17-23-26-27(44-33(5,6)43-26)30(42-23)40-29-24(22(38-40)14-10-11-15-34)28(35-18-36-29)37-31(41)45-32(2,3)4/h7-9,12-13,18,23,26-27,30H,10-11,14,16-17H2,1-6H3,(H,35,36,37,41)/t23-,26-,27-,30-/m1/s1. The summed E-state index contributed by atoms with van der Waals surface area (Å²) in [6, 6.07) is 12.1. The lowest BCUT2D eigenvalue weighted by Gasteiger charge is -2.24. The number of ether oxygens (including phenoxy) is 4. The van der Waals surface area contributed by atoms with Gasteiger partial charge in [-0.2, -0.15) is 22.1 Å². The molecule has 1 amide bonds. The van der Waals surface area contributed by atoms with Crippen LogP contribution in [0.15, 0.2) is 41.2 Å². The highest BCUT2D eigenvalue weighted by Gasteiger charge is 2.56. The molecule has 248 valence electrons. The van der Waals surface area contributed by atoms with E-state index in [-0.39, 0.29) is 18.0 Å². The maximum absolute atomic E-state index is 12.7. The van der Waals surface area contributed by atoms with Crippen molar-refractivity contribution in [2.45, 2.75) is 102 Å². The molecular weight excluding hydrogens is 622 g/mol. The number of nitrogens with one attached hydrogen (secondary N) is 1. The van der Waals surface area contributed by atoms with E-state index in [1.54, 1.807) is 37.2 Å². The van der Waals surface area contributed by atoms with E-state index >= 15 is 0 Å². The van der Waals surface area contributed by atoms with Gasteiger partial charge in [0.05, 0.1) is 28.9 Å². The number of benzene rings is 1. The van der Waals surface area contributed by atoms with Gasteiger partial charge < -0.3 is 23.5 Å². The van der Waals surface area contributed by atoms with Gasteiger partial charge in [0.15, 0.2) is 23.4 Å². The number of rotatable bonds is 10. The Hall–Kier alpha value is -4.03. The Balaban J connectivity index is 1.27. The number of carbonyl (C=O) groups is 1. The number of hydrogen-bond acceptors (Lipinski definition) is 12. The zero-order valence-corrected chi connectivity index (χ0v) is 28.2. The molecule has 0 saturated carbocycles. The highest BCUT2D eigenvalue weighted by Crippen LogP contribution is 2.45. The molecule has 13 nitrogen and oxygen atoms in total. The smallest absolute Gasteiger partial charge is 0.413 e. The lowest BCUT2D eigenvalue weighted by atomic mass is 10.1. The van der Waals surface area contributed by atoms with E-state index < -0.39 is 29.8 Å². The lowest BCUT2D eigenvalue weighted by molar-refractivity contribution is -0.195. The van der Waals surface area contributed by atoms with Crippen LogP contribution in [0, 0.1) is 18.3 Å². The Bertz CT molecular complexity index is 1780. The first kappa shape index (κ1) is 32.9. The quantitative estimate of drug-likeness (QED) is 0.188. The summed E-state index contributed by atoms with van der Waals surface area (Å²) in [4.78, 5) is 21.7. The first-order chi connectivity index (χ1) is 22.4. The highest BCUT2D eigenvalue weighted by atomic mass is 32.2. The van der Waals surface area contributed by atoms with E-state index in [4.69, 9.17) is 28.6 Å². The Morgan fingerprint density at radius 2 is 1.94 bits per heavy atom. The van der Waals surface area contributed by atoms with Crippen LogP contribution >= 0.6 is 11.8 Å². The highest BCUT2D eigenvalue weighted by molar-refractivity contribution is 7.98. The van der Waals surface area contributed by atoms with Crippen LogP contribution in [0.3, 0.4) is 0 Å². The number of aryl methyl sites for hydroxylation is 2. The topological polar surface area (TPSA) is 159 Å². The van der Waals surface area contributed by atoms with E-state index in [1.165, 1.54) is 6.33 Å². The van der Waals surface area contributed by atoms with Crippen LogP contribution < -0.4 is 5.32 Å². The summed E-state index contributed by atoms with van der Waals surface area (Å²) in [6.45, 7) is 11.1. The summed E-state index contributed by atoms with van der Waals surface area (Å²) in [5.74, 6) is 1.49. The fourth-order valence-electron chi connectivity index (χ4n) is 5.87. The molecule has 2 fully saturated rings. The Morgan fingerprint density at radius 1 is 1.17 bits per heavy atom. The molecule has 3 aromatic heterocycles. The fourth-order valence-corrected chi connectivity index (χ4v) is 7.03. The number of nitrogens with zero attached hydrogens (tertiary/aromatic N) is 6. The summed E-state index contributed by atoms with van der Waals surface area (Å²) >= 11 is 1.71. The average molecular weight is 662 g/mol. The third kappa shape index (κ3) is 7.13. The van der Waals surface area contributed by atoms with Crippen LogP contribution in [0.2, 0.25) is 0 Å². The largest absolute Gasteiger partial charge is 0.444 e. The predicted octanol–water partition coefficient (Wildman–Crippen LogP) is 6.33. The van der Waals surface area contributed by atoms with Crippen LogP contribution in [0.5, 0.6) is 0 Å². The summed E-state index contributed by atoms with van der Waals surface area (Å²) in [5, 5.41) is 21.7. The first-order valence-corrected chi connectivity index (χ1v) is 16.8. The SMILES string of the molecule is Cc1noc(-c2ccccc2)c1CSC[C@H]1O[C@@H](n2nc(CCCC#N)c3c(NC(=O)OC(C)(C)C)ncnc32)[C@@H]2OC(C)(C)O[C@@H]21. The van der Waals surface area contributed by atoms with Crippen LogP contribution in [-0.4, -0.2) is 66.5 Å². The summed E-state index contributed by atoms with van der Waals surface area (Å²) in [7, 11) is 0. The van der Waals surface area contributed by atoms with Gasteiger partial charge in [0.25, 0.3) is 0 Å². The third-order valence-corrected chi connectivity index (χ3v) is 8.86. The molecule has 2 saturated heterocycles. The van der Waals surface area contributed by atoms with Crippen molar-refractivity contribution in [3.05, 3.63) is 53.6 Å². The Morgan fingerprint density at radius 3 is 2.68 bits per heavy atom. The van der Waals surface area contributed by atoms with Crippen molar-refractivity contribution in [1.29, 1.82) is 5.26 Å². The van der Waals surface area contributed by atoms with Gasteiger partial charge in [-0.1, -0.05) is 35.5 Å². The van der Waals surface area contributed by atoms with E-state index in [1.807, 2.05) is 51.1 Å². The van der Waals surface area contributed by atoms with Crippen molar-refractivity contribution in [2.24, 2.45) is 0 Å². The average Bonchev–Trinajstić information content (AvgIpc) is 3.74. The number of nitriles is 1. The molecule has 0 radical (unpaired) electrons. The minimum absolute atomic E-state index is 0.270. The lowest BCUT2D eigenvalue weighted by Crippen LogP contribution is -2.31. The van der Waals surface area contributed by atoms with Crippen molar-refractivity contribution in [3.63, 3.8) is 0 Å². The molecule has 14 heteroatoms. The Kier molecular flexibility index (Phi) is 9.26. The molecule has 0 spiro atoms. The minimum atomic E-state index is -0.831. The second-order valence-corrected chi connectivity index (χ2v) is 14.1. The number of carbonyl (C=O) groups excluding carboxylic acids is 1. The van der Waals surface area contributed by atoms with Crippen molar-refractivity contribution in [2.75, 3.05) is 11.1 Å². The van der Waals surface area contributed by atoms with Crippen LogP contribution in [0.1, 0.15) is 70.6 Å². The molecule has 0 unspecified atom stereocenters.